The van der Waals surface area contributed by atoms with Gasteiger partial charge in [-0.25, -0.2) is 13.8 Å². The monoisotopic (exact) mass is 666 g/mol. The molecule has 218 valence electrons. The Morgan fingerprint density at radius 1 is 1.02 bits per heavy atom. The third-order valence-electron chi connectivity index (χ3n) is 5.53. The minimum Gasteiger partial charge on any atom is -0.378 e. The SMILES string of the molecule is Cc1ccc(S(=O)(=O)N[C@H](CC(C)C)C(=O)N/N=C\c2ccc(OS(=O)(=O)c3ccc([N+](=O)[O-])cc3)c(Br)c2)cc1. The summed E-state index contributed by atoms with van der Waals surface area (Å²) < 4.78 is 58.6. The molecule has 3 aromatic carbocycles. The first kappa shape index (κ1) is 31.9. The molecule has 0 aromatic heterocycles. The molecule has 0 aliphatic heterocycles. The zero-order valence-corrected chi connectivity index (χ0v) is 25.4. The lowest BCUT2D eigenvalue weighted by Gasteiger charge is -2.19. The Balaban J connectivity index is 1.68. The molecule has 15 heteroatoms. The second-order valence-corrected chi connectivity index (χ2v) is 13.4. The van der Waals surface area contributed by atoms with Crippen LogP contribution in [0.25, 0.3) is 0 Å². The number of non-ortho nitro benzene ring substituents is 1. The highest BCUT2D eigenvalue weighted by Crippen LogP contribution is 2.29. The van der Waals surface area contributed by atoms with Crippen molar-refractivity contribution in [3.63, 3.8) is 0 Å². The summed E-state index contributed by atoms with van der Waals surface area (Å²) in [5, 5.41) is 14.7. The Morgan fingerprint density at radius 3 is 2.20 bits per heavy atom. The van der Waals surface area contributed by atoms with Crippen molar-refractivity contribution in [2.45, 2.75) is 43.0 Å². The Kier molecular flexibility index (Phi) is 10.4. The number of amides is 1. The molecule has 12 nitrogen and oxygen atoms in total. The summed E-state index contributed by atoms with van der Waals surface area (Å²) in [6, 6.07) is 13.7. The highest BCUT2D eigenvalue weighted by molar-refractivity contribution is 9.10. The van der Waals surface area contributed by atoms with Crippen molar-refractivity contribution in [3.8, 4) is 5.75 Å². The molecule has 1 atom stereocenters. The van der Waals surface area contributed by atoms with Crippen LogP contribution >= 0.6 is 15.9 Å². The van der Waals surface area contributed by atoms with Crippen molar-refractivity contribution in [1.82, 2.24) is 10.1 Å². The predicted octanol–water partition coefficient (Wildman–Crippen LogP) is 4.28. The van der Waals surface area contributed by atoms with Crippen LogP contribution < -0.4 is 14.3 Å². The number of hydrazone groups is 1. The van der Waals surface area contributed by atoms with Crippen molar-refractivity contribution in [2.24, 2.45) is 11.0 Å². The lowest BCUT2D eigenvalue weighted by atomic mass is 10.0. The first-order valence-electron chi connectivity index (χ1n) is 12.1. The van der Waals surface area contributed by atoms with E-state index in [0.29, 0.717) is 5.56 Å². The maximum absolute atomic E-state index is 12.8. The molecule has 0 saturated heterocycles. The topological polar surface area (TPSA) is 174 Å². The Morgan fingerprint density at radius 2 is 1.63 bits per heavy atom. The molecule has 2 N–H and O–H groups in total. The van der Waals surface area contributed by atoms with E-state index in [9.17, 15) is 31.7 Å². The molecule has 1 amide bonds. The minimum atomic E-state index is -4.28. The number of nitrogens with zero attached hydrogens (tertiary/aromatic N) is 2. The fourth-order valence-corrected chi connectivity index (χ4v) is 6.21. The van der Waals surface area contributed by atoms with E-state index >= 15 is 0 Å². The molecule has 41 heavy (non-hydrogen) atoms. The van der Waals surface area contributed by atoms with Crippen LogP contribution in [-0.4, -0.2) is 39.9 Å². The number of benzene rings is 3. The molecule has 0 aliphatic carbocycles. The quantitative estimate of drug-likeness (QED) is 0.125. The lowest BCUT2D eigenvalue weighted by Crippen LogP contribution is -2.46. The predicted molar refractivity (Wildman–Crippen MR) is 156 cm³/mol. The number of rotatable bonds is 12. The van der Waals surface area contributed by atoms with Gasteiger partial charge in [-0.15, -0.1) is 0 Å². The van der Waals surface area contributed by atoms with Crippen LogP contribution in [0.5, 0.6) is 5.75 Å². The minimum absolute atomic E-state index is 0.00114. The van der Waals surface area contributed by atoms with Gasteiger partial charge in [0, 0.05) is 12.1 Å². The molecule has 0 unspecified atom stereocenters. The second kappa shape index (κ2) is 13.3. The molecule has 0 spiro atoms. The van der Waals surface area contributed by atoms with Crippen molar-refractivity contribution in [1.29, 1.82) is 0 Å². The van der Waals surface area contributed by atoms with Gasteiger partial charge in [0.05, 0.1) is 20.5 Å². The first-order valence-corrected chi connectivity index (χ1v) is 15.8. The molecule has 0 saturated carbocycles. The standard InChI is InChI=1S/C26H27BrN4O8S2/c1-17(2)14-24(30-40(35,36)21-9-4-18(3)5-10-21)26(32)29-28-16-19-6-13-25(23(27)15-19)39-41(37,38)22-11-7-20(8-12-22)31(33)34/h4-13,15-17,24,30H,14H2,1-3H3,(H,29,32)/b28-16-/t24-/m1/s1. The average Bonchev–Trinajstić information content (AvgIpc) is 2.89. The summed E-state index contributed by atoms with van der Waals surface area (Å²) in [6.45, 7) is 5.54. The maximum atomic E-state index is 12.8. The van der Waals surface area contributed by atoms with Crippen LogP contribution in [0.15, 0.2) is 86.1 Å². The summed E-state index contributed by atoms with van der Waals surface area (Å²) in [5.74, 6) is -0.702. The molecule has 0 radical (unpaired) electrons. The largest absolute Gasteiger partial charge is 0.378 e. The van der Waals surface area contributed by atoms with Gasteiger partial charge in [-0.3, -0.25) is 14.9 Å². The van der Waals surface area contributed by atoms with Crippen molar-refractivity contribution >= 4 is 53.9 Å². The van der Waals surface area contributed by atoms with Crippen LogP contribution in [0.1, 0.15) is 31.4 Å². The highest BCUT2D eigenvalue weighted by atomic mass is 79.9. The van der Waals surface area contributed by atoms with Crippen LogP contribution in [0, 0.1) is 23.0 Å². The molecular formula is C26H27BrN4O8S2. The summed E-state index contributed by atoms with van der Waals surface area (Å²) in [7, 11) is -8.23. The van der Waals surface area contributed by atoms with E-state index in [4.69, 9.17) is 4.18 Å². The zero-order valence-electron chi connectivity index (χ0n) is 22.1. The lowest BCUT2D eigenvalue weighted by molar-refractivity contribution is -0.384. The van der Waals surface area contributed by atoms with E-state index in [2.05, 4.69) is 31.2 Å². The van der Waals surface area contributed by atoms with E-state index in [1.54, 1.807) is 12.1 Å². The van der Waals surface area contributed by atoms with Gasteiger partial charge >= 0.3 is 10.1 Å². The van der Waals surface area contributed by atoms with Crippen molar-refractivity contribution in [2.75, 3.05) is 0 Å². The van der Waals surface area contributed by atoms with Crippen LogP contribution in [0.3, 0.4) is 0 Å². The summed E-state index contributed by atoms with van der Waals surface area (Å²) in [4.78, 5) is 22.7. The molecule has 0 heterocycles. The van der Waals surface area contributed by atoms with E-state index in [1.807, 2.05) is 20.8 Å². The number of hydrogen-bond acceptors (Lipinski definition) is 9. The van der Waals surface area contributed by atoms with Gasteiger partial charge in [0.15, 0.2) is 5.75 Å². The number of halogens is 1. The van der Waals surface area contributed by atoms with E-state index < -0.39 is 37.0 Å². The Labute approximate surface area is 246 Å². The number of carbonyl (C=O) groups excluding carboxylic acids is 1. The number of aryl methyl sites for hydroxylation is 1. The smallest absolute Gasteiger partial charge is 0.339 e. The van der Waals surface area contributed by atoms with Gasteiger partial charge in [-0.2, -0.15) is 18.2 Å². The van der Waals surface area contributed by atoms with Gasteiger partial charge < -0.3 is 4.18 Å². The molecule has 3 aromatic rings. The number of sulfonamides is 1. The first-order chi connectivity index (χ1) is 19.2. The number of nitrogens with one attached hydrogen (secondary N) is 2. The van der Waals surface area contributed by atoms with Gasteiger partial charge in [-0.1, -0.05) is 31.5 Å². The van der Waals surface area contributed by atoms with Crippen molar-refractivity contribution < 1.29 is 30.7 Å². The van der Waals surface area contributed by atoms with Gasteiger partial charge in [0.2, 0.25) is 10.0 Å². The van der Waals surface area contributed by atoms with E-state index in [0.717, 1.165) is 29.8 Å². The number of hydrogen-bond donors (Lipinski definition) is 2. The van der Waals surface area contributed by atoms with Crippen LogP contribution in [-0.2, 0) is 24.9 Å². The van der Waals surface area contributed by atoms with Crippen LogP contribution in [0.2, 0.25) is 0 Å². The third kappa shape index (κ3) is 8.91. The fraction of sp³-hybridized carbons (Fsp3) is 0.231. The Hall–Kier alpha value is -3.66. The van der Waals surface area contributed by atoms with E-state index in [1.165, 1.54) is 36.5 Å². The zero-order chi connectivity index (χ0) is 30.4. The van der Waals surface area contributed by atoms with Gasteiger partial charge in [0.25, 0.3) is 11.6 Å². The fourth-order valence-electron chi connectivity index (χ4n) is 3.47. The molecule has 0 fully saturated rings. The van der Waals surface area contributed by atoms with Crippen molar-refractivity contribution in [3.05, 3.63) is 92.4 Å². The maximum Gasteiger partial charge on any atom is 0.339 e. The average molecular weight is 668 g/mol. The normalized spacial score (nSPS) is 12.8. The molecule has 0 aliphatic rings. The van der Waals surface area contributed by atoms with Gasteiger partial charge in [0.1, 0.15) is 10.9 Å². The summed E-state index contributed by atoms with van der Waals surface area (Å²) in [6.07, 6.45) is 1.52. The second-order valence-electron chi connectivity index (χ2n) is 9.33. The summed E-state index contributed by atoms with van der Waals surface area (Å²) in [5.41, 5.74) is 3.43. The van der Waals surface area contributed by atoms with Crippen LogP contribution in [0.4, 0.5) is 5.69 Å². The number of carbonyl (C=O) groups is 1. The van der Waals surface area contributed by atoms with E-state index in [-0.39, 0.29) is 38.0 Å². The third-order valence-corrected chi connectivity index (χ3v) is 8.89. The summed E-state index contributed by atoms with van der Waals surface area (Å²) >= 11 is 3.23. The molecular weight excluding hydrogens is 640 g/mol. The Bertz CT molecular complexity index is 1660. The van der Waals surface area contributed by atoms with Gasteiger partial charge in [-0.05, 0) is 83.2 Å². The number of nitro groups is 1. The molecule has 3 rings (SSSR count). The molecule has 0 bridgehead atoms. The highest BCUT2D eigenvalue weighted by Gasteiger charge is 2.26. The number of nitro benzene ring substituents is 1.